The topological polar surface area (TPSA) is 79.0 Å². The van der Waals surface area contributed by atoms with Crippen LogP contribution in [0.1, 0.15) is 25.1 Å². The average Bonchev–Trinajstić information content (AvgIpc) is 2.93. The van der Waals surface area contributed by atoms with E-state index in [1.54, 1.807) is 12.5 Å². The van der Waals surface area contributed by atoms with Crippen molar-refractivity contribution in [3.05, 3.63) is 46.1 Å². The summed E-state index contributed by atoms with van der Waals surface area (Å²) in [4.78, 5) is 24.1. The van der Waals surface area contributed by atoms with Gasteiger partial charge in [-0.25, -0.2) is 15.3 Å². The SMILES string of the molecule is CCC(ONC(=O)Nc1cccc(I)c1)c1c[nH]cn1. The summed E-state index contributed by atoms with van der Waals surface area (Å²) < 4.78 is 1.05. The molecular formula is C13H15IN4O2. The first-order valence-electron chi connectivity index (χ1n) is 6.16. The van der Waals surface area contributed by atoms with E-state index in [1.807, 2.05) is 31.2 Å². The Balaban J connectivity index is 1.85. The van der Waals surface area contributed by atoms with Gasteiger partial charge in [-0.3, -0.25) is 4.84 Å². The lowest BCUT2D eigenvalue weighted by molar-refractivity contribution is -0.00661. The molecule has 1 heterocycles. The van der Waals surface area contributed by atoms with Gasteiger partial charge in [0.1, 0.15) is 6.10 Å². The molecular weight excluding hydrogens is 371 g/mol. The van der Waals surface area contributed by atoms with Crippen LogP contribution in [-0.4, -0.2) is 16.0 Å². The van der Waals surface area contributed by atoms with Gasteiger partial charge in [-0.2, -0.15) is 0 Å². The predicted octanol–water partition coefficient (Wildman–Crippen LogP) is 3.22. The van der Waals surface area contributed by atoms with Crippen molar-refractivity contribution in [1.29, 1.82) is 0 Å². The minimum Gasteiger partial charge on any atom is -0.351 e. The van der Waals surface area contributed by atoms with Crippen molar-refractivity contribution in [2.24, 2.45) is 0 Å². The number of anilines is 1. The lowest BCUT2D eigenvalue weighted by Crippen LogP contribution is -2.30. The Bertz CT molecular complexity index is 559. The molecule has 2 rings (SSSR count). The third kappa shape index (κ3) is 4.20. The number of H-pyrrole nitrogens is 1. The van der Waals surface area contributed by atoms with Crippen LogP contribution in [0.4, 0.5) is 10.5 Å². The number of imidazole rings is 1. The van der Waals surface area contributed by atoms with E-state index in [0.29, 0.717) is 12.1 Å². The first-order valence-corrected chi connectivity index (χ1v) is 7.23. The zero-order valence-electron chi connectivity index (χ0n) is 10.9. The van der Waals surface area contributed by atoms with E-state index in [1.165, 1.54) is 0 Å². The number of hydroxylamine groups is 1. The van der Waals surface area contributed by atoms with Gasteiger partial charge in [-0.15, -0.1) is 0 Å². The quantitative estimate of drug-likeness (QED) is 0.546. The number of amides is 2. The third-order valence-corrected chi connectivity index (χ3v) is 3.27. The van der Waals surface area contributed by atoms with Crippen molar-refractivity contribution in [3.63, 3.8) is 0 Å². The van der Waals surface area contributed by atoms with E-state index in [-0.39, 0.29) is 6.10 Å². The first-order chi connectivity index (χ1) is 9.69. The van der Waals surface area contributed by atoms with Crippen LogP contribution >= 0.6 is 22.6 Å². The van der Waals surface area contributed by atoms with Crippen molar-refractivity contribution in [1.82, 2.24) is 15.4 Å². The Morgan fingerprint density at radius 1 is 1.55 bits per heavy atom. The second kappa shape index (κ2) is 7.25. The van der Waals surface area contributed by atoms with Gasteiger partial charge in [0.2, 0.25) is 0 Å². The van der Waals surface area contributed by atoms with Crippen LogP contribution in [0.15, 0.2) is 36.8 Å². The minimum absolute atomic E-state index is 0.275. The largest absolute Gasteiger partial charge is 0.351 e. The summed E-state index contributed by atoms with van der Waals surface area (Å²) in [7, 11) is 0. The summed E-state index contributed by atoms with van der Waals surface area (Å²) in [5.41, 5.74) is 3.85. The van der Waals surface area contributed by atoms with Gasteiger partial charge in [0.15, 0.2) is 0 Å². The minimum atomic E-state index is -0.416. The van der Waals surface area contributed by atoms with Crippen LogP contribution in [0.3, 0.4) is 0 Å². The number of aromatic nitrogens is 2. The van der Waals surface area contributed by atoms with E-state index in [0.717, 1.165) is 9.26 Å². The Hall–Kier alpha value is -1.61. The molecule has 0 aliphatic carbocycles. The highest BCUT2D eigenvalue weighted by Gasteiger charge is 2.13. The molecule has 3 N–H and O–H groups in total. The van der Waals surface area contributed by atoms with Crippen LogP contribution in [0.25, 0.3) is 0 Å². The van der Waals surface area contributed by atoms with Crippen LogP contribution < -0.4 is 10.8 Å². The summed E-state index contributed by atoms with van der Waals surface area (Å²) in [6, 6.07) is 7.08. The van der Waals surface area contributed by atoms with Crippen LogP contribution in [0.5, 0.6) is 0 Å². The van der Waals surface area contributed by atoms with Gasteiger partial charge in [0, 0.05) is 15.5 Å². The molecule has 1 atom stereocenters. The molecule has 0 aliphatic rings. The highest BCUT2D eigenvalue weighted by molar-refractivity contribution is 14.1. The van der Waals surface area contributed by atoms with Gasteiger partial charge in [0.05, 0.1) is 12.0 Å². The molecule has 1 aromatic carbocycles. The van der Waals surface area contributed by atoms with Crippen LogP contribution in [-0.2, 0) is 4.84 Å². The predicted molar refractivity (Wildman–Crippen MR) is 84.0 cm³/mol. The summed E-state index contributed by atoms with van der Waals surface area (Å²) >= 11 is 2.18. The standard InChI is InChI=1S/C13H15IN4O2/c1-2-12(11-7-15-8-16-11)20-18-13(19)17-10-5-3-4-9(14)6-10/h3-8,12H,2H2,1H3,(H,15,16)(H2,17,18,19). The van der Waals surface area contributed by atoms with E-state index in [4.69, 9.17) is 4.84 Å². The molecule has 106 valence electrons. The molecule has 0 saturated heterocycles. The fourth-order valence-corrected chi connectivity index (χ4v) is 2.19. The van der Waals surface area contributed by atoms with E-state index < -0.39 is 6.03 Å². The number of halogens is 1. The van der Waals surface area contributed by atoms with Gasteiger partial charge >= 0.3 is 6.03 Å². The van der Waals surface area contributed by atoms with Gasteiger partial charge in [0.25, 0.3) is 0 Å². The molecule has 2 aromatic rings. The number of aromatic amines is 1. The number of hydrogen-bond acceptors (Lipinski definition) is 3. The summed E-state index contributed by atoms with van der Waals surface area (Å²) in [5.74, 6) is 0. The molecule has 7 heteroatoms. The summed E-state index contributed by atoms with van der Waals surface area (Å²) in [5, 5.41) is 2.70. The molecule has 0 bridgehead atoms. The third-order valence-electron chi connectivity index (χ3n) is 2.60. The molecule has 0 fully saturated rings. The Morgan fingerprint density at radius 2 is 2.40 bits per heavy atom. The lowest BCUT2D eigenvalue weighted by atomic mass is 10.2. The van der Waals surface area contributed by atoms with Crippen molar-refractivity contribution >= 4 is 34.3 Å². The molecule has 20 heavy (non-hydrogen) atoms. The van der Waals surface area contributed by atoms with Crippen molar-refractivity contribution < 1.29 is 9.63 Å². The molecule has 1 unspecified atom stereocenters. The van der Waals surface area contributed by atoms with Gasteiger partial charge in [-0.05, 0) is 47.2 Å². The number of nitrogens with one attached hydrogen (secondary N) is 3. The van der Waals surface area contributed by atoms with E-state index in [9.17, 15) is 4.79 Å². The molecule has 6 nitrogen and oxygen atoms in total. The number of rotatable bonds is 5. The Kier molecular flexibility index (Phi) is 5.36. The van der Waals surface area contributed by atoms with Gasteiger partial charge < -0.3 is 10.3 Å². The summed E-state index contributed by atoms with van der Waals surface area (Å²) in [6.45, 7) is 1.96. The molecule has 1 aromatic heterocycles. The second-order valence-corrected chi connectivity index (χ2v) is 5.32. The lowest BCUT2D eigenvalue weighted by Gasteiger charge is -2.14. The maximum absolute atomic E-state index is 11.7. The number of urea groups is 1. The van der Waals surface area contributed by atoms with Crippen molar-refractivity contribution in [2.45, 2.75) is 19.4 Å². The highest BCUT2D eigenvalue weighted by Crippen LogP contribution is 2.16. The van der Waals surface area contributed by atoms with Crippen molar-refractivity contribution in [3.8, 4) is 0 Å². The summed E-state index contributed by atoms with van der Waals surface area (Å²) in [6.07, 6.45) is 3.75. The fourth-order valence-electron chi connectivity index (χ4n) is 1.65. The van der Waals surface area contributed by atoms with Crippen LogP contribution in [0.2, 0.25) is 0 Å². The number of carbonyl (C=O) groups excluding carboxylic acids is 1. The normalized spacial score (nSPS) is 11.9. The molecule has 2 amide bonds. The zero-order chi connectivity index (χ0) is 14.4. The number of hydrogen-bond donors (Lipinski definition) is 3. The zero-order valence-corrected chi connectivity index (χ0v) is 13.0. The Labute approximate surface area is 130 Å². The Morgan fingerprint density at radius 3 is 3.05 bits per heavy atom. The van der Waals surface area contributed by atoms with Gasteiger partial charge in [-0.1, -0.05) is 13.0 Å². The van der Waals surface area contributed by atoms with E-state index >= 15 is 0 Å². The number of benzene rings is 1. The van der Waals surface area contributed by atoms with Crippen molar-refractivity contribution in [2.75, 3.05) is 5.32 Å². The molecule has 0 saturated carbocycles. The maximum Gasteiger partial charge on any atom is 0.343 e. The van der Waals surface area contributed by atoms with Crippen LogP contribution in [0, 0.1) is 3.57 Å². The molecule has 0 aliphatic heterocycles. The second-order valence-electron chi connectivity index (χ2n) is 4.08. The average molecular weight is 386 g/mol. The smallest absolute Gasteiger partial charge is 0.343 e. The van der Waals surface area contributed by atoms with E-state index in [2.05, 4.69) is 43.4 Å². The monoisotopic (exact) mass is 386 g/mol. The molecule has 0 spiro atoms. The maximum atomic E-state index is 11.7. The number of nitrogens with zero attached hydrogens (tertiary/aromatic N) is 1. The first kappa shape index (κ1) is 14.8. The number of carbonyl (C=O) groups is 1. The fraction of sp³-hybridized carbons (Fsp3) is 0.231. The highest BCUT2D eigenvalue weighted by atomic mass is 127. The molecule has 0 radical (unpaired) electrons.